The first-order chi connectivity index (χ1) is 25.3. The van der Waals surface area contributed by atoms with E-state index in [4.69, 9.17) is 4.98 Å². The Labute approximate surface area is 296 Å². The molecule has 0 radical (unpaired) electrons. The topological polar surface area (TPSA) is 37.2 Å². The lowest BCUT2D eigenvalue weighted by Crippen LogP contribution is -2.24. The van der Waals surface area contributed by atoms with Crippen LogP contribution in [0.3, 0.4) is 0 Å². The van der Waals surface area contributed by atoms with E-state index in [1.807, 2.05) is 30.7 Å². The molecule has 6 aromatic carbocycles. The van der Waals surface area contributed by atoms with E-state index in [2.05, 4.69) is 177 Å². The average Bonchev–Trinajstić information content (AvgIpc) is 3.54. The number of benzene rings is 6. The largest absolute Gasteiger partial charge is 0.306 e. The molecule has 9 aromatic rings. The first-order valence-corrected chi connectivity index (χ1v) is 17.2. The Morgan fingerprint density at radius 3 is 1.53 bits per heavy atom. The second kappa shape index (κ2) is 11.9. The third-order valence-corrected chi connectivity index (χ3v) is 9.78. The Bertz CT molecular complexity index is 2600. The number of aromatic nitrogens is 3. The van der Waals surface area contributed by atoms with E-state index >= 15 is 0 Å². The van der Waals surface area contributed by atoms with E-state index in [1.165, 1.54) is 22.3 Å². The third kappa shape index (κ3) is 4.78. The maximum atomic E-state index is 4.88. The number of hydrogen-bond acceptors (Lipinski definition) is 4. The van der Waals surface area contributed by atoms with Crippen molar-refractivity contribution in [1.29, 1.82) is 0 Å². The molecule has 0 aliphatic carbocycles. The fourth-order valence-corrected chi connectivity index (χ4v) is 7.56. The zero-order valence-corrected chi connectivity index (χ0v) is 27.6. The molecule has 0 atom stereocenters. The highest BCUT2D eigenvalue weighted by atomic mass is 15.3. The van der Waals surface area contributed by atoms with Crippen molar-refractivity contribution in [3.8, 4) is 27.9 Å². The van der Waals surface area contributed by atoms with Gasteiger partial charge in [0.05, 0.1) is 51.2 Å². The van der Waals surface area contributed by atoms with Crippen molar-refractivity contribution < 1.29 is 0 Å². The van der Waals surface area contributed by atoms with Crippen molar-refractivity contribution in [2.45, 2.75) is 0 Å². The van der Waals surface area contributed by atoms with Crippen molar-refractivity contribution in [3.05, 3.63) is 188 Å². The molecule has 5 heteroatoms. The number of rotatable bonds is 5. The fourth-order valence-electron chi connectivity index (χ4n) is 7.56. The Hall–Kier alpha value is -6.98. The van der Waals surface area contributed by atoms with Crippen LogP contribution in [-0.2, 0) is 0 Å². The summed E-state index contributed by atoms with van der Waals surface area (Å²) >= 11 is 0. The van der Waals surface area contributed by atoms with Gasteiger partial charge < -0.3 is 14.4 Å². The maximum absolute atomic E-state index is 4.88. The molecule has 0 fully saturated rings. The molecule has 1 aliphatic rings. The lowest BCUT2D eigenvalue weighted by Gasteiger charge is -2.40. The summed E-state index contributed by atoms with van der Waals surface area (Å²) in [5.41, 5.74) is 15.4. The summed E-state index contributed by atoms with van der Waals surface area (Å²) < 4.78 is 2.25. The minimum absolute atomic E-state index is 0.963. The van der Waals surface area contributed by atoms with E-state index in [9.17, 15) is 0 Å². The third-order valence-electron chi connectivity index (χ3n) is 9.78. The van der Waals surface area contributed by atoms with Gasteiger partial charge in [0.15, 0.2) is 0 Å². The number of hydrogen-bond donors (Lipinski definition) is 0. The molecular formula is C46H31N5. The summed E-state index contributed by atoms with van der Waals surface area (Å²) in [5, 5.41) is 1.09. The molecule has 0 amide bonds. The molecule has 51 heavy (non-hydrogen) atoms. The first-order valence-electron chi connectivity index (χ1n) is 17.2. The van der Waals surface area contributed by atoms with E-state index in [0.717, 1.165) is 61.7 Å². The second-order valence-electron chi connectivity index (χ2n) is 12.8. The van der Waals surface area contributed by atoms with Gasteiger partial charge in [-0.15, -0.1) is 0 Å². The van der Waals surface area contributed by atoms with Gasteiger partial charge >= 0.3 is 0 Å². The molecule has 240 valence electrons. The summed E-state index contributed by atoms with van der Waals surface area (Å²) in [6, 6.07) is 60.6. The molecule has 0 saturated carbocycles. The second-order valence-corrected chi connectivity index (χ2v) is 12.8. The predicted octanol–water partition coefficient (Wildman–Crippen LogP) is 12.2. The van der Waals surface area contributed by atoms with Gasteiger partial charge in [-0.05, 0) is 107 Å². The van der Waals surface area contributed by atoms with E-state index < -0.39 is 0 Å². The zero-order valence-electron chi connectivity index (χ0n) is 27.6. The van der Waals surface area contributed by atoms with Crippen molar-refractivity contribution in [2.24, 2.45) is 0 Å². The van der Waals surface area contributed by atoms with Crippen LogP contribution in [0.15, 0.2) is 188 Å². The highest BCUT2D eigenvalue weighted by Gasteiger charge is 2.31. The first kappa shape index (κ1) is 29.0. The molecule has 5 nitrogen and oxygen atoms in total. The molecule has 0 unspecified atom stereocenters. The van der Waals surface area contributed by atoms with E-state index in [0.29, 0.717) is 0 Å². The SMILES string of the molecule is c1ccc(-c2cc(-c3ccccc3)cc(N3c4ccccc4N(c4ccc5c(c4)c4ncccc4n5-c4cccnc4)c4ccccc43)c2)cc1. The summed E-state index contributed by atoms with van der Waals surface area (Å²) in [5.74, 6) is 0. The van der Waals surface area contributed by atoms with Gasteiger partial charge in [-0.3, -0.25) is 9.97 Å². The minimum atomic E-state index is 0.963. The van der Waals surface area contributed by atoms with Crippen molar-refractivity contribution in [2.75, 3.05) is 9.80 Å². The predicted molar refractivity (Wildman–Crippen MR) is 210 cm³/mol. The van der Waals surface area contributed by atoms with Gasteiger partial charge in [-0.1, -0.05) is 84.9 Å². The number of anilines is 6. The lowest BCUT2D eigenvalue weighted by molar-refractivity contribution is 1.14. The van der Waals surface area contributed by atoms with Crippen molar-refractivity contribution in [3.63, 3.8) is 0 Å². The Balaban J connectivity index is 1.18. The molecule has 4 heterocycles. The molecule has 1 aliphatic heterocycles. The van der Waals surface area contributed by atoms with Gasteiger partial charge in [-0.25, -0.2) is 0 Å². The van der Waals surface area contributed by atoms with Crippen LogP contribution >= 0.6 is 0 Å². The van der Waals surface area contributed by atoms with E-state index in [1.54, 1.807) is 0 Å². The van der Waals surface area contributed by atoms with Crippen LogP contribution in [0, 0.1) is 0 Å². The highest BCUT2D eigenvalue weighted by molar-refractivity contribution is 6.10. The van der Waals surface area contributed by atoms with Gasteiger partial charge in [-0.2, -0.15) is 0 Å². The van der Waals surface area contributed by atoms with Crippen LogP contribution in [0.4, 0.5) is 34.1 Å². The maximum Gasteiger partial charge on any atom is 0.0964 e. The van der Waals surface area contributed by atoms with Crippen LogP contribution < -0.4 is 9.80 Å². The number of para-hydroxylation sites is 4. The normalized spacial score (nSPS) is 12.2. The quantitative estimate of drug-likeness (QED) is 0.185. The van der Waals surface area contributed by atoms with Crippen LogP contribution in [0.5, 0.6) is 0 Å². The standard InChI is InChI=1S/C46H31N5/c1-3-13-32(14-4-1)34-27-35(33-15-5-2-6-16-33)29-38(28-34)51-43-20-9-7-18-41(43)49(42-19-8-10-21-44(42)51)36-23-24-40-39(30-36)46-45(22-12-26-48-46)50(40)37-17-11-25-47-31-37/h1-31H. The highest BCUT2D eigenvalue weighted by Crippen LogP contribution is 2.55. The lowest BCUT2D eigenvalue weighted by atomic mass is 9.96. The summed E-state index contributed by atoms with van der Waals surface area (Å²) in [6.07, 6.45) is 5.59. The van der Waals surface area contributed by atoms with Crippen molar-refractivity contribution in [1.82, 2.24) is 14.5 Å². The Kier molecular flexibility index (Phi) is 6.74. The zero-order chi connectivity index (χ0) is 33.7. The van der Waals surface area contributed by atoms with Gasteiger partial charge in [0, 0.05) is 29.2 Å². The number of pyridine rings is 2. The van der Waals surface area contributed by atoms with Gasteiger partial charge in [0.25, 0.3) is 0 Å². The summed E-state index contributed by atoms with van der Waals surface area (Å²) in [6.45, 7) is 0. The molecule has 0 spiro atoms. The number of fused-ring (bicyclic) bond motifs is 5. The Morgan fingerprint density at radius 2 is 0.941 bits per heavy atom. The molecular weight excluding hydrogens is 623 g/mol. The molecule has 10 rings (SSSR count). The van der Waals surface area contributed by atoms with E-state index in [-0.39, 0.29) is 0 Å². The van der Waals surface area contributed by atoms with Crippen LogP contribution in [0.2, 0.25) is 0 Å². The molecule has 0 bridgehead atoms. The van der Waals surface area contributed by atoms with Gasteiger partial charge in [0.2, 0.25) is 0 Å². The van der Waals surface area contributed by atoms with Crippen LogP contribution in [0.25, 0.3) is 49.9 Å². The fraction of sp³-hybridized carbons (Fsp3) is 0. The molecule has 3 aromatic heterocycles. The van der Waals surface area contributed by atoms with Crippen molar-refractivity contribution >= 4 is 56.1 Å². The number of nitrogens with zero attached hydrogens (tertiary/aromatic N) is 5. The monoisotopic (exact) mass is 653 g/mol. The summed E-state index contributed by atoms with van der Waals surface area (Å²) in [4.78, 5) is 14.1. The smallest absolute Gasteiger partial charge is 0.0964 e. The Morgan fingerprint density at radius 1 is 0.373 bits per heavy atom. The van der Waals surface area contributed by atoms with Crippen LogP contribution in [-0.4, -0.2) is 14.5 Å². The summed E-state index contributed by atoms with van der Waals surface area (Å²) in [7, 11) is 0. The molecule has 0 N–H and O–H groups in total. The minimum Gasteiger partial charge on any atom is -0.306 e. The van der Waals surface area contributed by atoms with Gasteiger partial charge in [0.1, 0.15) is 0 Å². The van der Waals surface area contributed by atoms with Crippen LogP contribution in [0.1, 0.15) is 0 Å². The molecule has 0 saturated heterocycles. The average molecular weight is 654 g/mol.